The molecule has 106 valence electrons. The number of anilines is 1. The lowest BCUT2D eigenvalue weighted by molar-refractivity contribution is 0.313. The molecule has 3 heteroatoms. The number of nitrogens with zero attached hydrogens (tertiary/aromatic N) is 2. The van der Waals surface area contributed by atoms with Crippen molar-refractivity contribution >= 4 is 5.82 Å². The number of rotatable bonds is 4. The Bertz CT molecular complexity index is 377. The van der Waals surface area contributed by atoms with E-state index in [0.29, 0.717) is 6.04 Å². The summed E-state index contributed by atoms with van der Waals surface area (Å²) in [6, 6.07) is 4.91. The van der Waals surface area contributed by atoms with Crippen LogP contribution in [0.4, 0.5) is 5.82 Å². The van der Waals surface area contributed by atoms with E-state index in [2.05, 4.69) is 36.0 Å². The molecule has 0 radical (unpaired) electrons. The van der Waals surface area contributed by atoms with Gasteiger partial charge in [0.15, 0.2) is 0 Å². The number of hydrogen-bond acceptors (Lipinski definition) is 3. The summed E-state index contributed by atoms with van der Waals surface area (Å²) in [6.45, 7) is 4.30. The summed E-state index contributed by atoms with van der Waals surface area (Å²) in [5, 5.41) is 0. The van der Waals surface area contributed by atoms with Crippen LogP contribution in [0.25, 0.3) is 0 Å². The van der Waals surface area contributed by atoms with E-state index in [4.69, 9.17) is 5.73 Å². The lowest BCUT2D eigenvalue weighted by Gasteiger charge is -2.35. The molecule has 0 aliphatic heterocycles. The smallest absolute Gasteiger partial charge is 0.128 e. The summed E-state index contributed by atoms with van der Waals surface area (Å²) in [6.07, 6.45) is 8.57. The van der Waals surface area contributed by atoms with Crippen LogP contribution in [0.1, 0.15) is 57.6 Å². The van der Waals surface area contributed by atoms with Crippen molar-refractivity contribution in [2.24, 2.45) is 11.7 Å². The highest BCUT2D eigenvalue weighted by molar-refractivity contribution is 5.40. The first kappa shape index (κ1) is 14.3. The van der Waals surface area contributed by atoms with Crippen molar-refractivity contribution < 1.29 is 0 Å². The van der Waals surface area contributed by atoms with Crippen molar-refractivity contribution in [2.75, 3.05) is 11.9 Å². The summed E-state index contributed by atoms with van der Waals surface area (Å²) in [7, 11) is 2.17. The molecule has 1 heterocycles. The van der Waals surface area contributed by atoms with Gasteiger partial charge in [0.05, 0.1) is 0 Å². The number of pyridine rings is 1. The van der Waals surface area contributed by atoms with Crippen molar-refractivity contribution in [2.45, 2.75) is 58.0 Å². The minimum absolute atomic E-state index is 0.0619. The normalized spacial score (nSPS) is 25.1. The molecule has 1 aromatic rings. The highest BCUT2D eigenvalue weighted by atomic mass is 15.2. The van der Waals surface area contributed by atoms with Crippen LogP contribution in [0.15, 0.2) is 18.3 Å². The van der Waals surface area contributed by atoms with Gasteiger partial charge in [-0.15, -0.1) is 0 Å². The lowest BCUT2D eigenvalue weighted by Crippen LogP contribution is -2.35. The average Bonchev–Trinajstić information content (AvgIpc) is 2.46. The highest BCUT2D eigenvalue weighted by Crippen LogP contribution is 2.30. The fourth-order valence-corrected chi connectivity index (χ4v) is 3.00. The average molecular weight is 261 g/mol. The molecule has 1 aliphatic carbocycles. The number of aromatic nitrogens is 1. The first-order valence-electron chi connectivity index (χ1n) is 7.56. The summed E-state index contributed by atoms with van der Waals surface area (Å²) in [5.41, 5.74) is 6.96. The second kappa shape index (κ2) is 6.38. The molecule has 1 fully saturated rings. The summed E-state index contributed by atoms with van der Waals surface area (Å²) < 4.78 is 0. The van der Waals surface area contributed by atoms with Crippen LogP contribution >= 0.6 is 0 Å². The second-order valence-corrected chi connectivity index (χ2v) is 5.93. The van der Waals surface area contributed by atoms with Crippen molar-refractivity contribution in [1.82, 2.24) is 4.98 Å². The zero-order valence-electron chi connectivity index (χ0n) is 12.5. The van der Waals surface area contributed by atoms with Crippen molar-refractivity contribution in [3.63, 3.8) is 0 Å². The molecule has 2 rings (SSSR count). The Morgan fingerprint density at radius 3 is 2.47 bits per heavy atom. The second-order valence-electron chi connectivity index (χ2n) is 5.93. The molecule has 2 N–H and O–H groups in total. The van der Waals surface area contributed by atoms with Gasteiger partial charge in [-0.3, -0.25) is 0 Å². The molecule has 19 heavy (non-hydrogen) atoms. The molecule has 1 saturated carbocycles. The van der Waals surface area contributed by atoms with Gasteiger partial charge in [0.1, 0.15) is 5.82 Å². The number of nitrogens with two attached hydrogens (primary N) is 1. The zero-order chi connectivity index (χ0) is 13.8. The molecule has 1 unspecified atom stereocenters. The molecule has 0 saturated heterocycles. The van der Waals surface area contributed by atoms with Crippen LogP contribution in [0.5, 0.6) is 0 Å². The third-order valence-corrected chi connectivity index (χ3v) is 4.60. The van der Waals surface area contributed by atoms with Gasteiger partial charge in [-0.05, 0) is 50.2 Å². The maximum absolute atomic E-state index is 5.86. The van der Waals surface area contributed by atoms with Crippen LogP contribution in [0, 0.1) is 5.92 Å². The van der Waals surface area contributed by atoms with Gasteiger partial charge in [-0.1, -0.05) is 19.4 Å². The van der Waals surface area contributed by atoms with Crippen LogP contribution < -0.4 is 10.6 Å². The van der Waals surface area contributed by atoms with E-state index in [1.807, 2.05) is 13.1 Å². The largest absolute Gasteiger partial charge is 0.357 e. The zero-order valence-corrected chi connectivity index (χ0v) is 12.5. The molecule has 1 aromatic heterocycles. The maximum atomic E-state index is 5.86. The molecule has 0 spiro atoms. The Labute approximate surface area is 117 Å². The Morgan fingerprint density at radius 2 is 2.00 bits per heavy atom. The summed E-state index contributed by atoms with van der Waals surface area (Å²) in [4.78, 5) is 6.90. The van der Waals surface area contributed by atoms with Crippen LogP contribution in [0.2, 0.25) is 0 Å². The summed E-state index contributed by atoms with van der Waals surface area (Å²) in [5.74, 6) is 2.02. The van der Waals surface area contributed by atoms with Crippen molar-refractivity contribution in [3.8, 4) is 0 Å². The Kier molecular flexibility index (Phi) is 4.81. The van der Waals surface area contributed by atoms with E-state index < -0.39 is 0 Å². The SMILES string of the molecule is CCC1CCC(N(C)c2ccc(C(C)N)cn2)CC1. The predicted molar refractivity (Wildman–Crippen MR) is 81.3 cm³/mol. The maximum Gasteiger partial charge on any atom is 0.128 e. The minimum atomic E-state index is 0.0619. The quantitative estimate of drug-likeness (QED) is 0.902. The molecule has 1 aliphatic rings. The highest BCUT2D eigenvalue weighted by Gasteiger charge is 2.23. The van der Waals surface area contributed by atoms with E-state index in [1.54, 1.807) is 0 Å². The third kappa shape index (κ3) is 3.47. The van der Waals surface area contributed by atoms with Gasteiger partial charge in [-0.25, -0.2) is 4.98 Å². The monoisotopic (exact) mass is 261 g/mol. The minimum Gasteiger partial charge on any atom is -0.357 e. The van der Waals surface area contributed by atoms with Crippen molar-refractivity contribution in [3.05, 3.63) is 23.9 Å². The van der Waals surface area contributed by atoms with Crippen LogP contribution in [-0.4, -0.2) is 18.1 Å². The van der Waals surface area contributed by atoms with Gasteiger partial charge >= 0.3 is 0 Å². The third-order valence-electron chi connectivity index (χ3n) is 4.60. The first-order valence-corrected chi connectivity index (χ1v) is 7.56. The molecule has 0 aromatic carbocycles. The van der Waals surface area contributed by atoms with Gasteiger partial charge < -0.3 is 10.6 Å². The van der Waals surface area contributed by atoms with Gasteiger partial charge in [0.25, 0.3) is 0 Å². The Balaban J connectivity index is 1.97. The molecule has 0 amide bonds. The van der Waals surface area contributed by atoms with E-state index in [0.717, 1.165) is 17.3 Å². The fourth-order valence-electron chi connectivity index (χ4n) is 3.00. The van der Waals surface area contributed by atoms with Gasteiger partial charge in [-0.2, -0.15) is 0 Å². The molecule has 0 bridgehead atoms. The molecular weight excluding hydrogens is 234 g/mol. The fraction of sp³-hybridized carbons (Fsp3) is 0.688. The molecule has 1 atom stereocenters. The number of hydrogen-bond donors (Lipinski definition) is 1. The van der Waals surface area contributed by atoms with E-state index in [1.165, 1.54) is 32.1 Å². The van der Waals surface area contributed by atoms with Crippen LogP contribution in [-0.2, 0) is 0 Å². The summed E-state index contributed by atoms with van der Waals surface area (Å²) >= 11 is 0. The lowest BCUT2D eigenvalue weighted by atomic mass is 9.84. The van der Waals surface area contributed by atoms with Gasteiger partial charge in [0.2, 0.25) is 0 Å². The Hall–Kier alpha value is -1.09. The first-order chi connectivity index (χ1) is 9.11. The van der Waals surface area contributed by atoms with E-state index >= 15 is 0 Å². The predicted octanol–water partition coefficient (Wildman–Crippen LogP) is 3.51. The standard InChI is InChI=1S/C16H27N3/c1-4-13-5-8-15(9-6-13)19(3)16-10-7-14(11-18-16)12(2)17/h7,10-13,15H,4-6,8-9,17H2,1-3H3. The molecule has 3 nitrogen and oxygen atoms in total. The van der Waals surface area contributed by atoms with E-state index in [9.17, 15) is 0 Å². The van der Waals surface area contributed by atoms with Gasteiger partial charge in [0, 0.05) is 25.3 Å². The topological polar surface area (TPSA) is 42.1 Å². The van der Waals surface area contributed by atoms with E-state index in [-0.39, 0.29) is 6.04 Å². The van der Waals surface area contributed by atoms with Crippen LogP contribution in [0.3, 0.4) is 0 Å². The van der Waals surface area contributed by atoms with Crippen molar-refractivity contribution in [1.29, 1.82) is 0 Å². The Morgan fingerprint density at radius 1 is 1.32 bits per heavy atom. The molecular formula is C16H27N3.